The Labute approximate surface area is 118 Å². The Morgan fingerprint density at radius 3 is 2.75 bits per heavy atom. The quantitative estimate of drug-likeness (QED) is 0.920. The van der Waals surface area contributed by atoms with Crippen LogP contribution in [0.3, 0.4) is 0 Å². The molecule has 1 N–H and O–H groups in total. The van der Waals surface area contributed by atoms with Crippen molar-refractivity contribution >= 4 is 5.91 Å². The fourth-order valence-electron chi connectivity index (χ4n) is 2.60. The number of halogens is 1. The summed E-state index contributed by atoms with van der Waals surface area (Å²) in [6, 6.07) is 3.44. The molecule has 1 amide bonds. The van der Waals surface area contributed by atoms with Crippen LogP contribution in [0.4, 0.5) is 4.39 Å². The SMILES string of the molecule is CN1CCC(CN(C)C(=O)c2cc(F)ccc2O)CC1. The van der Waals surface area contributed by atoms with E-state index in [1.807, 2.05) is 0 Å². The maximum absolute atomic E-state index is 13.2. The number of hydrogen-bond donors (Lipinski definition) is 1. The molecule has 1 heterocycles. The van der Waals surface area contributed by atoms with Gasteiger partial charge in [0.2, 0.25) is 0 Å². The molecule has 0 atom stereocenters. The van der Waals surface area contributed by atoms with Crippen molar-refractivity contribution in [1.29, 1.82) is 0 Å². The van der Waals surface area contributed by atoms with Gasteiger partial charge < -0.3 is 14.9 Å². The van der Waals surface area contributed by atoms with E-state index in [1.165, 1.54) is 6.07 Å². The molecule has 0 radical (unpaired) electrons. The zero-order chi connectivity index (χ0) is 14.7. The Morgan fingerprint density at radius 1 is 1.45 bits per heavy atom. The van der Waals surface area contributed by atoms with Crippen molar-refractivity contribution in [2.24, 2.45) is 5.92 Å². The molecule has 0 aromatic heterocycles. The van der Waals surface area contributed by atoms with Crippen molar-refractivity contribution in [2.45, 2.75) is 12.8 Å². The van der Waals surface area contributed by atoms with E-state index in [4.69, 9.17) is 0 Å². The Bertz CT molecular complexity index is 485. The average molecular weight is 280 g/mol. The third-order valence-corrected chi connectivity index (χ3v) is 3.91. The molecule has 0 unspecified atom stereocenters. The van der Waals surface area contributed by atoms with Crippen LogP contribution in [0.2, 0.25) is 0 Å². The van der Waals surface area contributed by atoms with Crippen molar-refractivity contribution in [3.63, 3.8) is 0 Å². The Kier molecular flexibility index (Phi) is 4.60. The molecular weight excluding hydrogens is 259 g/mol. The van der Waals surface area contributed by atoms with Gasteiger partial charge in [-0.3, -0.25) is 4.79 Å². The van der Waals surface area contributed by atoms with Gasteiger partial charge in [0.15, 0.2) is 0 Å². The fourth-order valence-corrected chi connectivity index (χ4v) is 2.60. The van der Waals surface area contributed by atoms with Crippen LogP contribution in [0, 0.1) is 11.7 Å². The molecule has 5 heteroatoms. The summed E-state index contributed by atoms with van der Waals surface area (Å²) in [4.78, 5) is 16.1. The highest BCUT2D eigenvalue weighted by atomic mass is 19.1. The van der Waals surface area contributed by atoms with Crippen LogP contribution in [0.15, 0.2) is 18.2 Å². The highest BCUT2D eigenvalue weighted by Gasteiger charge is 2.22. The van der Waals surface area contributed by atoms with Crippen LogP contribution in [0.5, 0.6) is 5.75 Å². The van der Waals surface area contributed by atoms with Gasteiger partial charge in [-0.05, 0) is 57.1 Å². The predicted molar refractivity (Wildman–Crippen MR) is 75.2 cm³/mol. The van der Waals surface area contributed by atoms with Gasteiger partial charge in [0.1, 0.15) is 11.6 Å². The molecule has 0 saturated carbocycles. The molecule has 2 rings (SSSR count). The summed E-state index contributed by atoms with van der Waals surface area (Å²) in [7, 11) is 3.79. The van der Waals surface area contributed by atoms with E-state index >= 15 is 0 Å². The van der Waals surface area contributed by atoms with Gasteiger partial charge in [-0.15, -0.1) is 0 Å². The Balaban J connectivity index is 1.99. The normalized spacial score (nSPS) is 17.1. The number of phenols is 1. The summed E-state index contributed by atoms with van der Waals surface area (Å²) in [5.41, 5.74) is 0.0282. The highest BCUT2D eigenvalue weighted by molar-refractivity contribution is 5.96. The number of phenolic OH excluding ortho intramolecular Hbond substituents is 1. The molecule has 1 aliphatic rings. The van der Waals surface area contributed by atoms with Crippen LogP contribution in [0.25, 0.3) is 0 Å². The number of amides is 1. The lowest BCUT2D eigenvalue weighted by Crippen LogP contribution is -2.38. The number of rotatable bonds is 3. The van der Waals surface area contributed by atoms with Crippen molar-refractivity contribution in [2.75, 3.05) is 33.7 Å². The summed E-state index contributed by atoms with van der Waals surface area (Å²) in [6.45, 7) is 2.72. The van der Waals surface area contributed by atoms with Crippen molar-refractivity contribution in [3.05, 3.63) is 29.6 Å². The second-order valence-electron chi connectivity index (χ2n) is 5.59. The van der Waals surface area contributed by atoms with Crippen molar-refractivity contribution < 1.29 is 14.3 Å². The number of hydrogen-bond acceptors (Lipinski definition) is 3. The van der Waals surface area contributed by atoms with Crippen LogP contribution >= 0.6 is 0 Å². The Hall–Kier alpha value is -1.62. The first-order chi connectivity index (χ1) is 9.47. The third-order valence-electron chi connectivity index (χ3n) is 3.91. The zero-order valence-electron chi connectivity index (χ0n) is 12.0. The molecule has 20 heavy (non-hydrogen) atoms. The molecule has 110 valence electrons. The van der Waals surface area contributed by atoms with E-state index in [1.54, 1.807) is 11.9 Å². The molecule has 1 aromatic carbocycles. The standard InChI is InChI=1S/C15H21FN2O2/c1-17-7-5-11(6-8-17)10-18(2)15(20)13-9-12(16)3-4-14(13)19/h3-4,9,11,19H,5-8,10H2,1-2H3. The number of nitrogens with zero attached hydrogens (tertiary/aromatic N) is 2. The van der Waals surface area contributed by atoms with E-state index < -0.39 is 5.82 Å². The van der Waals surface area contributed by atoms with Gasteiger partial charge in [-0.25, -0.2) is 4.39 Å². The van der Waals surface area contributed by atoms with Crippen LogP contribution in [-0.2, 0) is 0 Å². The lowest BCUT2D eigenvalue weighted by molar-refractivity contribution is 0.0743. The van der Waals surface area contributed by atoms with E-state index in [0.29, 0.717) is 12.5 Å². The van der Waals surface area contributed by atoms with Crippen molar-refractivity contribution in [1.82, 2.24) is 9.80 Å². The number of benzene rings is 1. The maximum Gasteiger partial charge on any atom is 0.257 e. The van der Waals surface area contributed by atoms with Gasteiger partial charge in [0.05, 0.1) is 5.56 Å². The van der Waals surface area contributed by atoms with E-state index in [0.717, 1.165) is 38.1 Å². The number of aromatic hydroxyl groups is 1. The summed E-state index contributed by atoms with van der Waals surface area (Å²) in [5.74, 6) is -0.553. The second kappa shape index (κ2) is 6.22. The topological polar surface area (TPSA) is 43.8 Å². The number of piperidine rings is 1. The van der Waals surface area contributed by atoms with E-state index in [2.05, 4.69) is 11.9 Å². The number of carbonyl (C=O) groups excluding carboxylic acids is 1. The summed E-state index contributed by atoms with van der Waals surface area (Å²) in [5, 5.41) is 9.67. The number of carbonyl (C=O) groups is 1. The molecule has 1 aliphatic heterocycles. The minimum atomic E-state index is -0.515. The van der Waals surface area contributed by atoms with Crippen LogP contribution in [0.1, 0.15) is 23.2 Å². The summed E-state index contributed by atoms with van der Waals surface area (Å²) >= 11 is 0. The molecule has 1 fully saturated rings. The first kappa shape index (κ1) is 14.8. The predicted octanol–water partition coefficient (Wildman–Crippen LogP) is 1.95. The minimum absolute atomic E-state index is 0.0282. The molecule has 4 nitrogen and oxygen atoms in total. The molecule has 0 spiro atoms. The van der Waals surface area contributed by atoms with Crippen molar-refractivity contribution in [3.8, 4) is 5.75 Å². The summed E-state index contributed by atoms with van der Waals surface area (Å²) in [6.07, 6.45) is 2.12. The highest BCUT2D eigenvalue weighted by Crippen LogP contribution is 2.22. The monoisotopic (exact) mass is 280 g/mol. The van der Waals surface area contributed by atoms with Gasteiger partial charge in [0.25, 0.3) is 5.91 Å². The summed E-state index contributed by atoms with van der Waals surface area (Å²) < 4.78 is 13.2. The maximum atomic E-state index is 13.2. The first-order valence-electron chi connectivity index (χ1n) is 6.90. The lowest BCUT2D eigenvalue weighted by atomic mass is 9.96. The molecule has 0 aliphatic carbocycles. The fraction of sp³-hybridized carbons (Fsp3) is 0.533. The van der Waals surface area contributed by atoms with E-state index in [9.17, 15) is 14.3 Å². The zero-order valence-corrected chi connectivity index (χ0v) is 12.0. The van der Waals surface area contributed by atoms with E-state index in [-0.39, 0.29) is 17.2 Å². The van der Waals surface area contributed by atoms with Crippen LogP contribution in [-0.4, -0.2) is 54.5 Å². The van der Waals surface area contributed by atoms with Gasteiger partial charge in [-0.1, -0.05) is 0 Å². The molecule has 1 saturated heterocycles. The second-order valence-corrected chi connectivity index (χ2v) is 5.59. The van der Waals surface area contributed by atoms with Gasteiger partial charge in [-0.2, -0.15) is 0 Å². The first-order valence-corrected chi connectivity index (χ1v) is 6.90. The lowest BCUT2D eigenvalue weighted by Gasteiger charge is -2.31. The largest absolute Gasteiger partial charge is 0.507 e. The smallest absolute Gasteiger partial charge is 0.257 e. The third kappa shape index (κ3) is 3.48. The Morgan fingerprint density at radius 2 is 2.10 bits per heavy atom. The number of likely N-dealkylation sites (tertiary alicyclic amines) is 1. The van der Waals surface area contributed by atoms with Gasteiger partial charge in [0, 0.05) is 13.6 Å². The average Bonchev–Trinajstić information content (AvgIpc) is 2.43. The minimum Gasteiger partial charge on any atom is -0.507 e. The van der Waals surface area contributed by atoms with Crippen LogP contribution < -0.4 is 0 Å². The molecule has 0 bridgehead atoms. The molecular formula is C15H21FN2O2. The molecule has 1 aromatic rings. The van der Waals surface area contributed by atoms with Gasteiger partial charge >= 0.3 is 0 Å².